The number of hydrogen-bond donors (Lipinski definition) is 2. The van der Waals surface area contributed by atoms with Gasteiger partial charge in [0.1, 0.15) is 5.82 Å². The summed E-state index contributed by atoms with van der Waals surface area (Å²) < 4.78 is 52.9. The highest BCUT2D eigenvalue weighted by atomic mass is 32.2. The van der Waals surface area contributed by atoms with Crippen molar-refractivity contribution in [3.05, 3.63) is 30.1 Å². The van der Waals surface area contributed by atoms with Crippen molar-refractivity contribution in [3.63, 3.8) is 0 Å². The SMILES string of the molecule is CN(C)CCCNC(=O)C[C@H]1CC[C@H]2[C@@H](COC[C@H](O)CN2S(=O)(=O)c2ccc(F)cc2)O1. The molecule has 1 amide bonds. The molecular formula is C22H34FN3O6S. The highest BCUT2D eigenvalue weighted by molar-refractivity contribution is 7.89. The minimum atomic E-state index is -4.00. The summed E-state index contributed by atoms with van der Waals surface area (Å²) in [5.74, 6) is -0.632. The average molecular weight is 488 g/mol. The van der Waals surface area contributed by atoms with Crippen molar-refractivity contribution in [1.82, 2.24) is 14.5 Å². The van der Waals surface area contributed by atoms with Crippen LogP contribution in [0.1, 0.15) is 25.7 Å². The molecule has 2 aliphatic rings. The van der Waals surface area contributed by atoms with Gasteiger partial charge in [-0.2, -0.15) is 4.31 Å². The molecule has 11 heteroatoms. The number of aliphatic hydroxyl groups excluding tert-OH is 1. The number of fused-ring (bicyclic) bond motifs is 1. The molecule has 0 aliphatic carbocycles. The van der Waals surface area contributed by atoms with Crippen molar-refractivity contribution >= 4 is 15.9 Å². The number of aliphatic hydroxyl groups is 1. The molecule has 2 aliphatic heterocycles. The summed E-state index contributed by atoms with van der Waals surface area (Å²) in [7, 11) is -0.0445. The lowest BCUT2D eigenvalue weighted by atomic mass is 9.96. The van der Waals surface area contributed by atoms with Crippen LogP contribution < -0.4 is 5.32 Å². The van der Waals surface area contributed by atoms with Gasteiger partial charge in [0.25, 0.3) is 0 Å². The van der Waals surface area contributed by atoms with E-state index in [1.807, 2.05) is 19.0 Å². The zero-order valence-electron chi connectivity index (χ0n) is 19.2. The maximum atomic E-state index is 13.3. The Balaban J connectivity index is 1.67. The van der Waals surface area contributed by atoms with Gasteiger partial charge in [-0.15, -0.1) is 0 Å². The van der Waals surface area contributed by atoms with Crippen LogP contribution in [0, 0.1) is 5.82 Å². The summed E-state index contributed by atoms with van der Waals surface area (Å²) in [4.78, 5) is 14.3. The molecule has 0 saturated carbocycles. The van der Waals surface area contributed by atoms with Crippen LogP contribution in [0.2, 0.25) is 0 Å². The molecule has 2 fully saturated rings. The van der Waals surface area contributed by atoms with E-state index in [-0.39, 0.29) is 43.1 Å². The summed E-state index contributed by atoms with van der Waals surface area (Å²) in [5, 5.41) is 13.1. The van der Waals surface area contributed by atoms with Crippen LogP contribution in [0.15, 0.2) is 29.2 Å². The molecule has 2 heterocycles. The molecule has 0 unspecified atom stereocenters. The Labute approximate surface area is 194 Å². The summed E-state index contributed by atoms with van der Waals surface area (Å²) >= 11 is 0. The van der Waals surface area contributed by atoms with Gasteiger partial charge in [-0.25, -0.2) is 12.8 Å². The quantitative estimate of drug-likeness (QED) is 0.517. The van der Waals surface area contributed by atoms with Crippen molar-refractivity contribution in [2.75, 3.05) is 46.9 Å². The van der Waals surface area contributed by atoms with Crippen LogP contribution in [-0.2, 0) is 24.3 Å². The number of nitrogens with zero attached hydrogens (tertiary/aromatic N) is 2. The Bertz CT molecular complexity index is 883. The second-order valence-corrected chi connectivity index (χ2v) is 10.8. The Kier molecular flexibility index (Phi) is 9.19. The molecule has 33 heavy (non-hydrogen) atoms. The van der Waals surface area contributed by atoms with Gasteiger partial charge in [-0.05, 0) is 64.2 Å². The Hall–Kier alpha value is -1.63. The number of amides is 1. The number of β-amino-alcohol motifs (C(OH)–C–C–N with tert-alkyl or cyclic N) is 1. The highest BCUT2D eigenvalue weighted by Gasteiger charge is 2.43. The van der Waals surface area contributed by atoms with Crippen LogP contribution in [-0.4, -0.2) is 99.9 Å². The topological polar surface area (TPSA) is 108 Å². The fourth-order valence-electron chi connectivity index (χ4n) is 4.21. The molecule has 3 rings (SSSR count). The Morgan fingerprint density at radius 3 is 2.67 bits per heavy atom. The number of benzene rings is 1. The molecular weight excluding hydrogens is 453 g/mol. The third kappa shape index (κ3) is 7.17. The van der Waals surface area contributed by atoms with E-state index in [9.17, 15) is 22.7 Å². The molecule has 2 N–H and O–H groups in total. The van der Waals surface area contributed by atoms with Crippen LogP contribution >= 0.6 is 0 Å². The number of ether oxygens (including phenoxy) is 2. The second kappa shape index (κ2) is 11.7. The first-order chi connectivity index (χ1) is 15.7. The highest BCUT2D eigenvalue weighted by Crippen LogP contribution is 2.31. The van der Waals surface area contributed by atoms with Gasteiger partial charge in [0, 0.05) is 13.1 Å². The molecule has 1 aromatic carbocycles. The molecule has 0 bridgehead atoms. The van der Waals surface area contributed by atoms with Gasteiger partial charge in [-0.1, -0.05) is 0 Å². The monoisotopic (exact) mass is 487 g/mol. The fraction of sp³-hybridized carbons (Fsp3) is 0.682. The summed E-state index contributed by atoms with van der Waals surface area (Å²) in [6.07, 6.45) is 0.0838. The van der Waals surface area contributed by atoms with Crippen molar-refractivity contribution < 1.29 is 32.2 Å². The maximum absolute atomic E-state index is 13.3. The van der Waals surface area contributed by atoms with Crippen LogP contribution in [0.5, 0.6) is 0 Å². The molecule has 2 saturated heterocycles. The van der Waals surface area contributed by atoms with E-state index in [0.29, 0.717) is 19.4 Å². The van der Waals surface area contributed by atoms with E-state index in [2.05, 4.69) is 5.32 Å². The van der Waals surface area contributed by atoms with E-state index in [0.717, 1.165) is 25.1 Å². The number of carbonyl (C=O) groups is 1. The zero-order valence-corrected chi connectivity index (χ0v) is 20.0. The largest absolute Gasteiger partial charge is 0.389 e. The number of rotatable bonds is 8. The van der Waals surface area contributed by atoms with Crippen molar-refractivity contribution in [1.29, 1.82) is 0 Å². The van der Waals surface area contributed by atoms with E-state index < -0.39 is 34.1 Å². The second-order valence-electron chi connectivity index (χ2n) is 8.87. The lowest BCUT2D eigenvalue weighted by Crippen LogP contribution is -2.57. The van der Waals surface area contributed by atoms with Crippen LogP contribution in [0.25, 0.3) is 0 Å². The number of nitrogens with one attached hydrogen (secondary N) is 1. The number of hydrogen-bond acceptors (Lipinski definition) is 7. The Morgan fingerprint density at radius 2 is 1.97 bits per heavy atom. The third-order valence-electron chi connectivity index (χ3n) is 5.87. The third-order valence-corrected chi connectivity index (χ3v) is 7.78. The average Bonchev–Trinajstić information content (AvgIpc) is 2.74. The van der Waals surface area contributed by atoms with Crippen molar-refractivity contribution in [3.8, 4) is 0 Å². The number of halogens is 1. The van der Waals surface area contributed by atoms with Crippen molar-refractivity contribution in [2.24, 2.45) is 0 Å². The van der Waals surface area contributed by atoms with Gasteiger partial charge in [-0.3, -0.25) is 4.79 Å². The zero-order chi connectivity index (χ0) is 24.0. The molecule has 4 atom stereocenters. The van der Waals surface area contributed by atoms with E-state index in [4.69, 9.17) is 9.47 Å². The van der Waals surface area contributed by atoms with Crippen LogP contribution in [0.3, 0.4) is 0 Å². The van der Waals surface area contributed by atoms with Gasteiger partial charge in [0.15, 0.2) is 0 Å². The minimum absolute atomic E-state index is 0.0287. The summed E-state index contributed by atoms with van der Waals surface area (Å²) in [6, 6.07) is 4.06. The van der Waals surface area contributed by atoms with E-state index in [1.54, 1.807) is 0 Å². The molecule has 186 valence electrons. The van der Waals surface area contributed by atoms with Crippen molar-refractivity contribution in [2.45, 2.75) is 54.9 Å². The minimum Gasteiger partial charge on any atom is -0.389 e. The lowest BCUT2D eigenvalue weighted by Gasteiger charge is -2.43. The first-order valence-electron chi connectivity index (χ1n) is 11.3. The standard InChI is InChI=1S/C22H34FN3O6S/c1-25(2)11-3-10-24-22(28)12-18-6-9-20-21(32-18)15-31-14-17(27)13-26(20)33(29,30)19-7-4-16(23)5-8-19/h4-5,7-8,17-18,20-21,27H,3,6,9-15H2,1-2H3,(H,24,28)/t17-,18-,20+,21-/m1/s1. The Morgan fingerprint density at radius 1 is 1.24 bits per heavy atom. The van der Waals surface area contributed by atoms with Crippen LogP contribution in [0.4, 0.5) is 4.39 Å². The predicted molar refractivity (Wildman–Crippen MR) is 120 cm³/mol. The lowest BCUT2D eigenvalue weighted by molar-refractivity contribution is -0.146. The molecule has 0 spiro atoms. The first-order valence-corrected chi connectivity index (χ1v) is 12.7. The number of sulfonamides is 1. The van der Waals surface area contributed by atoms with Gasteiger partial charge in [0.2, 0.25) is 15.9 Å². The first kappa shape index (κ1) is 26.0. The smallest absolute Gasteiger partial charge is 0.243 e. The normalized spacial score (nSPS) is 26.9. The van der Waals surface area contributed by atoms with E-state index >= 15 is 0 Å². The number of carbonyl (C=O) groups excluding carboxylic acids is 1. The fourth-order valence-corrected chi connectivity index (χ4v) is 5.93. The molecule has 9 nitrogen and oxygen atoms in total. The van der Waals surface area contributed by atoms with Gasteiger partial charge >= 0.3 is 0 Å². The molecule has 0 aromatic heterocycles. The predicted octanol–water partition coefficient (Wildman–Crippen LogP) is 0.582. The molecule has 0 radical (unpaired) electrons. The summed E-state index contributed by atoms with van der Waals surface area (Å²) in [5.41, 5.74) is 0. The van der Waals surface area contributed by atoms with Gasteiger partial charge in [0.05, 0.1) is 48.9 Å². The summed E-state index contributed by atoms with van der Waals surface area (Å²) in [6.45, 7) is 1.39. The maximum Gasteiger partial charge on any atom is 0.243 e. The van der Waals surface area contributed by atoms with Gasteiger partial charge < -0.3 is 24.8 Å². The van der Waals surface area contributed by atoms with E-state index in [1.165, 1.54) is 16.4 Å². The molecule has 1 aromatic rings.